The first-order chi connectivity index (χ1) is 8.76. The molecule has 2 aromatic carbocycles. The maximum absolute atomic E-state index is 6.25. The Morgan fingerprint density at radius 3 is 2.56 bits per heavy atom. The highest BCUT2D eigenvalue weighted by molar-refractivity contribution is 6.31. The lowest BCUT2D eigenvalue weighted by molar-refractivity contribution is 0.414. The summed E-state index contributed by atoms with van der Waals surface area (Å²) in [7, 11) is 3.59. The molecule has 0 aromatic heterocycles. The van der Waals surface area contributed by atoms with Crippen LogP contribution in [0.3, 0.4) is 0 Å². The molecule has 0 amide bonds. The number of hydrogen-bond acceptors (Lipinski definition) is 2. The zero-order chi connectivity index (χ0) is 13.0. The minimum atomic E-state index is 0.0637. The second-order valence-electron chi connectivity index (χ2n) is 4.02. The Kier molecular flexibility index (Phi) is 4.24. The highest BCUT2D eigenvalue weighted by Crippen LogP contribution is 2.29. The molecule has 94 valence electrons. The third-order valence-electron chi connectivity index (χ3n) is 2.93. The van der Waals surface area contributed by atoms with Gasteiger partial charge in [-0.1, -0.05) is 41.9 Å². The van der Waals surface area contributed by atoms with Crippen LogP contribution >= 0.6 is 11.6 Å². The summed E-state index contributed by atoms with van der Waals surface area (Å²) in [5.41, 5.74) is 2.19. The van der Waals surface area contributed by atoms with Crippen LogP contribution in [0.15, 0.2) is 48.5 Å². The quantitative estimate of drug-likeness (QED) is 0.907. The molecule has 0 spiro atoms. The van der Waals surface area contributed by atoms with E-state index in [0.29, 0.717) is 0 Å². The van der Waals surface area contributed by atoms with Gasteiger partial charge in [0.1, 0.15) is 5.75 Å². The van der Waals surface area contributed by atoms with Gasteiger partial charge in [-0.15, -0.1) is 0 Å². The molecular formula is C15H16ClNO. The topological polar surface area (TPSA) is 21.3 Å². The van der Waals surface area contributed by atoms with Crippen molar-refractivity contribution >= 4 is 11.6 Å². The zero-order valence-corrected chi connectivity index (χ0v) is 11.2. The lowest BCUT2D eigenvalue weighted by Crippen LogP contribution is -2.18. The van der Waals surface area contributed by atoms with E-state index in [0.717, 1.165) is 21.9 Å². The van der Waals surface area contributed by atoms with Crippen LogP contribution < -0.4 is 10.1 Å². The van der Waals surface area contributed by atoms with Crippen molar-refractivity contribution in [2.75, 3.05) is 14.2 Å². The third-order valence-corrected chi connectivity index (χ3v) is 3.28. The molecule has 1 unspecified atom stereocenters. The molecule has 1 atom stereocenters. The molecule has 0 fully saturated rings. The highest BCUT2D eigenvalue weighted by atomic mass is 35.5. The van der Waals surface area contributed by atoms with Gasteiger partial charge in [0, 0.05) is 5.02 Å². The molecule has 1 N–H and O–H groups in total. The fraction of sp³-hybridized carbons (Fsp3) is 0.200. The number of methoxy groups -OCH3 is 1. The lowest BCUT2D eigenvalue weighted by Gasteiger charge is -2.19. The molecule has 2 nitrogen and oxygen atoms in total. The van der Waals surface area contributed by atoms with Crippen molar-refractivity contribution in [2.24, 2.45) is 0 Å². The normalized spacial score (nSPS) is 12.2. The summed E-state index contributed by atoms with van der Waals surface area (Å²) in [6.07, 6.45) is 0. The van der Waals surface area contributed by atoms with Crippen molar-refractivity contribution in [3.8, 4) is 5.75 Å². The lowest BCUT2D eigenvalue weighted by atomic mass is 9.98. The summed E-state index contributed by atoms with van der Waals surface area (Å²) in [6.45, 7) is 0. The van der Waals surface area contributed by atoms with E-state index in [1.807, 2.05) is 49.5 Å². The van der Waals surface area contributed by atoms with E-state index in [4.69, 9.17) is 16.3 Å². The van der Waals surface area contributed by atoms with Crippen molar-refractivity contribution in [1.82, 2.24) is 5.32 Å². The Morgan fingerprint density at radius 1 is 1.11 bits per heavy atom. The summed E-state index contributed by atoms with van der Waals surface area (Å²) in [4.78, 5) is 0. The molecule has 0 heterocycles. The largest absolute Gasteiger partial charge is 0.497 e. The molecule has 0 aliphatic heterocycles. The summed E-state index contributed by atoms with van der Waals surface area (Å²) in [6, 6.07) is 15.9. The first-order valence-electron chi connectivity index (χ1n) is 5.82. The van der Waals surface area contributed by atoms with Crippen molar-refractivity contribution in [3.05, 3.63) is 64.7 Å². The average Bonchev–Trinajstić information content (AvgIpc) is 2.42. The van der Waals surface area contributed by atoms with Crippen LogP contribution in [0.25, 0.3) is 0 Å². The summed E-state index contributed by atoms with van der Waals surface area (Å²) in [5, 5.41) is 4.05. The molecule has 3 heteroatoms. The maximum atomic E-state index is 6.25. The van der Waals surface area contributed by atoms with E-state index < -0.39 is 0 Å². The van der Waals surface area contributed by atoms with E-state index in [1.165, 1.54) is 0 Å². The summed E-state index contributed by atoms with van der Waals surface area (Å²) < 4.78 is 5.25. The van der Waals surface area contributed by atoms with Crippen LogP contribution in [0.2, 0.25) is 5.02 Å². The smallest absolute Gasteiger partial charge is 0.119 e. The number of ether oxygens (including phenoxy) is 1. The fourth-order valence-electron chi connectivity index (χ4n) is 2.03. The third kappa shape index (κ3) is 2.66. The van der Waals surface area contributed by atoms with Gasteiger partial charge in [0.25, 0.3) is 0 Å². The van der Waals surface area contributed by atoms with Gasteiger partial charge in [0.05, 0.1) is 13.2 Å². The van der Waals surface area contributed by atoms with E-state index in [2.05, 4.69) is 11.4 Å². The summed E-state index contributed by atoms with van der Waals surface area (Å²) in [5.74, 6) is 0.847. The molecule has 0 aliphatic carbocycles. The molecule has 2 rings (SSSR count). The number of benzene rings is 2. The van der Waals surface area contributed by atoms with E-state index in [-0.39, 0.29) is 6.04 Å². The van der Waals surface area contributed by atoms with E-state index in [1.54, 1.807) is 7.11 Å². The monoisotopic (exact) mass is 261 g/mol. The molecule has 0 radical (unpaired) electrons. The van der Waals surface area contributed by atoms with Crippen LogP contribution in [0.5, 0.6) is 5.75 Å². The first-order valence-corrected chi connectivity index (χ1v) is 6.19. The number of nitrogens with one attached hydrogen (secondary N) is 1. The molecule has 0 saturated carbocycles. The van der Waals surface area contributed by atoms with Crippen LogP contribution in [0, 0.1) is 0 Å². The molecule has 18 heavy (non-hydrogen) atoms. The van der Waals surface area contributed by atoms with E-state index in [9.17, 15) is 0 Å². The Labute approximate surface area is 113 Å². The number of halogens is 1. The van der Waals surface area contributed by atoms with Crippen molar-refractivity contribution in [1.29, 1.82) is 0 Å². The van der Waals surface area contributed by atoms with Crippen molar-refractivity contribution in [3.63, 3.8) is 0 Å². The van der Waals surface area contributed by atoms with Crippen LogP contribution in [0.4, 0.5) is 0 Å². The van der Waals surface area contributed by atoms with Gasteiger partial charge in [-0.2, -0.15) is 0 Å². The van der Waals surface area contributed by atoms with Gasteiger partial charge in [0.2, 0.25) is 0 Å². The Balaban J connectivity index is 2.42. The van der Waals surface area contributed by atoms with Crippen molar-refractivity contribution < 1.29 is 4.74 Å². The maximum Gasteiger partial charge on any atom is 0.119 e. The van der Waals surface area contributed by atoms with E-state index >= 15 is 0 Å². The Morgan fingerprint density at radius 2 is 1.89 bits per heavy atom. The second kappa shape index (κ2) is 5.89. The molecule has 0 bridgehead atoms. The van der Waals surface area contributed by atoms with Gasteiger partial charge >= 0.3 is 0 Å². The SMILES string of the molecule is CNC(c1cccc(OC)c1)c1ccccc1Cl. The zero-order valence-electron chi connectivity index (χ0n) is 10.5. The Hall–Kier alpha value is -1.51. The van der Waals surface area contributed by atoms with Crippen LogP contribution in [0.1, 0.15) is 17.2 Å². The van der Waals surface area contributed by atoms with Gasteiger partial charge in [-0.3, -0.25) is 0 Å². The number of hydrogen-bond donors (Lipinski definition) is 1. The molecular weight excluding hydrogens is 246 g/mol. The van der Waals surface area contributed by atoms with Crippen LogP contribution in [-0.4, -0.2) is 14.2 Å². The molecule has 0 saturated heterocycles. The predicted octanol–water partition coefficient (Wildman–Crippen LogP) is 3.66. The Bertz CT molecular complexity index is 527. The average molecular weight is 262 g/mol. The van der Waals surface area contributed by atoms with Gasteiger partial charge in [-0.05, 0) is 36.4 Å². The highest BCUT2D eigenvalue weighted by Gasteiger charge is 2.14. The number of rotatable bonds is 4. The van der Waals surface area contributed by atoms with Crippen LogP contribution in [-0.2, 0) is 0 Å². The second-order valence-corrected chi connectivity index (χ2v) is 4.43. The van der Waals surface area contributed by atoms with Gasteiger partial charge in [0.15, 0.2) is 0 Å². The first kappa shape index (κ1) is 12.9. The molecule has 0 aliphatic rings. The van der Waals surface area contributed by atoms with Crippen molar-refractivity contribution in [2.45, 2.75) is 6.04 Å². The predicted molar refractivity (Wildman–Crippen MR) is 75.3 cm³/mol. The standard InChI is InChI=1S/C15H16ClNO/c1-17-15(13-8-3-4-9-14(13)16)11-6-5-7-12(10-11)18-2/h3-10,15,17H,1-2H3. The summed E-state index contributed by atoms with van der Waals surface area (Å²) >= 11 is 6.25. The molecule has 2 aromatic rings. The minimum absolute atomic E-state index is 0.0637. The minimum Gasteiger partial charge on any atom is -0.497 e. The fourth-order valence-corrected chi connectivity index (χ4v) is 2.28. The van der Waals surface area contributed by atoms with Gasteiger partial charge < -0.3 is 10.1 Å². The van der Waals surface area contributed by atoms with Gasteiger partial charge in [-0.25, -0.2) is 0 Å².